The van der Waals surface area contributed by atoms with E-state index >= 15 is 0 Å². The molecule has 2 aromatic rings. The van der Waals surface area contributed by atoms with Crippen LogP contribution in [0.4, 0.5) is 4.39 Å². The first-order chi connectivity index (χ1) is 9.45. The van der Waals surface area contributed by atoms with E-state index in [4.69, 9.17) is 0 Å². The minimum Gasteiger partial charge on any atom is -0.310 e. The van der Waals surface area contributed by atoms with Gasteiger partial charge in [-0.05, 0) is 31.0 Å². The summed E-state index contributed by atoms with van der Waals surface area (Å²) < 4.78 is 14.1. The van der Waals surface area contributed by atoms with Crippen LogP contribution in [0.15, 0.2) is 36.4 Å². The highest BCUT2D eigenvalue weighted by molar-refractivity contribution is 5.65. The van der Waals surface area contributed by atoms with Crippen molar-refractivity contribution in [3.8, 4) is 11.1 Å². The number of halogens is 1. The first-order valence-corrected chi connectivity index (χ1v) is 7.06. The van der Waals surface area contributed by atoms with E-state index in [1.165, 1.54) is 11.1 Å². The second-order valence-electron chi connectivity index (χ2n) is 5.72. The quantitative estimate of drug-likeness (QED) is 0.856. The molecule has 0 aliphatic rings. The van der Waals surface area contributed by atoms with E-state index in [-0.39, 0.29) is 5.82 Å². The van der Waals surface area contributed by atoms with Crippen molar-refractivity contribution in [2.24, 2.45) is 0 Å². The molecule has 0 amide bonds. The number of aryl methyl sites for hydroxylation is 2. The highest BCUT2D eigenvalue weighted by atomic mass is 19.1. The monoisotopic (exact) mass is 271 g/mol. The Balaban J connectivity index is 2.28. The van der Waals surface area contributed by atoms with E-state index in [2.05, 4.69) is 51.2 Å². The van der Waals surface area contributed by atoms with E-state index in [0.717, 1.165) is 11.1 Å². The normalized spacial score (nSPS) is 11.1. The Hall–Kier alpha value is -1.67. The van der Waals surface area contributed by atoms with Gasteiger partial charge in [0, 0.05) is 18.2 Å². The molecule has 0 aromatic heterocycles. The molecule has 1 N–H and O–H groups in total. The highest BCUT2D eigenvalue weighted by Gasteiger charge is 2.06. The van der Waals surface area contributed by atoms with Crippen LogP contribution >= 0.6 is 0 Å². The van der Waals surface area contributed by atoms with Gasteiger partial charge in [0.25, 0.3) is 0 Å². The van der Waals surface area contributed by atoms with Crippen molar-refractivity contribution in [2.75, 3.05) is 0 Å². The van der Waals surface area contributed by atoms with Crippen molar-refractivity contribution in [3.05, 3.63) is 58.9 Å². The Kier molecular flexibility index (Phi) is 4.56. The van der Waals surface area contributed by atoms with Crippen molar-refractivity contribution >= 4 is 0 Å². The van der Waals surface area contributed by atoms with Gasteiger partial charge in [-0.15, -0.1) is 0 Å². The summed E-state index contributed by atoms with van der Waals surface area (Å²) in [5, 5.41) is 3.24. The third-order valence-corrected chi connectivity index (χ3v) is 3.31. The molecule has 0 radical (unpaired) electrons. The van der Waals surface area contributed by atoms with Gasteiger partial charge in [0.2, 0.25) is 0 Å². The Morgan fingerprint density at radius 1 is 0.950 bits per heavy atom. The summed E-state index contributed by atoms with van der Waals surface area (Å²) in [6.07, 6.45) is 0. The molecule has 2 heteroatoms. The maximum atomic E-state index is 14.1. The number of benzene rings is 2. The molecule has 0 spiro atoms. The van der Waals surface area contributed by atoms with Crippen molar-refractivity contribution in [1.29, 1.82) is 0 Å². The van der Waals surface area contributed by atoms with E-state index in [1.54, 1.807) is 6.07 Å². The molecule has 106 valence electrons. The van der Waals surface area contributed by atoms with Crippen molar-refractivity contribution in [3.63, 3.8) is 0 Å². The Labute approximate surface area is 120 Å². The largest absolute Gasteiger partial charge is 0.310 e. The van der Waals surface area contributed by atoms with E-state index < -0.39 is 0 Å². The van der Waals surface area contributed by atoms with E-state index in [9.17, 15) is 4.39 Å². The SMILES string of the molecule is Cc1cc(C)cc(-c2ccc(CNC(C)C)c(F)c2)c1. The van der Waals surface area contributed by atoms with Gasteiger partial charge in [-0.2, -0.15) is 0 Å². The summed E-state index contributed by atoms with van der Waals surface area (Å²) in [6, 6.07) is 12.2. The van der Waals surface area contributed by atoms with Crippen molar-refractivity contribution in [1.82, 2.24) is 5.32 Å². The van der Waals surface area contributed by atoms with Crippen LogP contribution in [0.25, 0.3) is 11.1 Å². The average molecular weight is 271 g/mol. The average Bonchev–Trinajstić information content (AvgIpc) is 2.35. The number of rotatable bonds is 4. The maximum Gasteiger partial charge on any atom is 0.128 e. The van der Waals surface area contributed by atoms with Gasteiger partial charge in [0.05, 0.1) is 0 Å². The van der Waals surface area contributed by atoms with Gasteiger partial charge in [0.15, 0.2) is 0 Å². The predicted octanol–water partition coefficient (Wildman–Crippen LogP) is 4.61. The minimum absolute atomic E-state index is 0.144. The van der Waals surface area contributed by atoms with Gasteiger partial charge >= 0.3 is 0 Å². The van der Waals surface area contributed by atoms with Crippen LogP contribution in [0.2, 0.25) is 0 Å². The van der Waals surface area contributed by atoms with Gasteiger partial charge in [0.1, 0.15) is 5.82 Å². The predicted molar refractivity (Wildman–Crippen MR) is 83.3 cm³/mol. The molecule has 0 aliphatic carbocycles. The smallest absolute Gasteiger partial charge is 0.128 e. The lowest BCUT2D eigenvalue weighted by Gasteiger charge is -2.11. The zero-order valence-electron chi connectivity index (χ0n) is 12.6. The topological polar surface area (TPSA) is 12.0 Å². The van der Waals surface area contributed by atoms with E-state index in [0.29, 0.717) is 18.2 Å². The van der Waals surface area contributed by atoms with Crippen molar-refractivity contribution in [2.45, 2.75) is 40.3 Å². The van der Waals surface area contributed by atoms with E-state index in [1.807, 2.05) is 12.1 Å². The number of hydrogen-bond acceptors (Lipinski definition) is 1. The van der Waals surface area contributed by atoms with Crippen LogP contribution < -0.4 is 5.32 Å². The minimum atomic E-state index is -0.144. The third kappa shape index (κ3) is 3.67. The summed E-state index contributed by atoms with van der Waals surface area (Å²) in [5.41, 5.74) is 5.12. The molecule has 0 fully saturated rings. The molecule has 0 heterocycles. The van der Waals surface area contributed by atoms with Crippen LogP contribution in [0, 0.1) is 19.7 Å². The van der Waals surface area contributed by atoms with Gasteiger partial charge in [-0.3, -0.25) is 0 Å². The summed E-state index contributed by atoms with van der Waals surface area (Å²) in [4.78, 5) is 0. The first-order valence-electron chi connectivity index (χ1n) is 7.06. The fraction of sp³-hybridized carbons (Fsp3) is 0.333. The molecule has 2 aromatic carbocycles. The molecule has 2 rings (SSSR count). The van der Waals surface area contributed by atoms with Crippen LogP contribution in [0.3, 0.4) is 0 Å². The molecule has 0 saturated carbocycles. The highest BCUT2D eigenvalue weighted by Crippen LogP contribution is 2.24. The Morgan fingerprint density at radius 3 is 2.15 bits per heavy atom. The lowest BCUT2D eigenvalue weighted by molar-refractivity contribution is 0.553. The molecule has 0 atom stereocenters. The Bertz CT molecular complexity index is 582. The molecular weight excluding hydrogens is 249 g/mol. The van der Waals surface area contributed by atoms with Crippen LogP contribution in [0.1, 0.15) is 30.5 Å². The fourth-order valence-corrected chi connectivity index (χ4v) is 2.33. The third-order valence-electron chi connectivity index (χ3n) is 3.31. The number of nitrogens with one attached hydrogen (secondary N) is 1. The summed E-state index contributed by atoms with van der Waals surface area (Å²) in [7, 11) is 0. The lowest BCUT2D eigenvalue weighted by atomic mass is 9.99. The molecule has 1 nitrogen and oxygen atoms in total. The number of hydrogen-bond donors (Lipinski definition) is 1. The molecule has 20 heavy (non-hydrogen) atoms. The molecular formula is C18H22FN. The molecule has 0 saturated heterocycles. The summed E-state index contributed by atoms with van der Waals surface area (Å²) in [5.74, 6) is -0.144. The van der Waals surface area contributed by atoms with Crippen molar-refractivity contribution < 1.29 is 4.39 Å². The second kappa shape index (κ2) is 6.19. The summed E-state index contributed by atoms with van der Waals surface area (Å²) >= 11 is 0. The Morgan fingerprint density at radius 2 is 1.60 bits per heavy atom. The lowest BCUT2D eigenvalue weighted by Crippen LogP contribution is -2.22. The molecule has 0 unspecified atom stereocenters. The molecule has 0 aliphatic heterocycles. The second-order valence-corrected chi connectivity index (χ2v) is 5.72. The fourth-order valence-electron chi connectivity index (χ4n) is 2.33. The van der Waals surface area contributed by atoms with Crippen LogP contribution in [-0.2, 0) is 6.54 Å². The van der Waals surface area contributed by atoms with Gasteiger partial charge in [-0.25, -0.2) is 4.39 Å². The first kappa shape index (κ1) is 14.7. The zero-order chi connectivity index (χ0) is 14.7. The van der Waals surface area contributed by atoms with Gasteiger partial charge in [-0.1, -0.05) is 55.3 Å². The van der Waals surface area contributed by atoms with Crippen LogP contribution in [-0.4, -0.2) is 6.04 Å². The van der Waals surface area contributed by atoms with Gasteiger partial charge < -0.3 is 5.32 Å². The molecule has 0 bridgehead atoms. The summed E-state index contributed by atoms with van der Waals surface area (Å²) in [6.45, 7) is 8.81. The maximum absolute atomic E-state index is 14.1. The van der Waals surface area contributed by atoms with Crippen LogP contribution in [0.5, 0.6) is 0 Å². The standard InChI is InChI=1S/C18H22FN/c1-12(2)20-11-16-6-5-15(10-18(16)19)17-8-13(3)7-14(4)9-17/h5-10,12,20H,11H2,1-4H3. The zero-order valence-corrected chi connectivity index (χ0v) is 12.6.